The van der Waals surface area contributed by atoms with E-state index in [0.717, 1.165) is 36.9 Å². The summed E-state index contributed by atoms with van der Waals surface area (Å²) in [6.07, 6.45) is 8.41. The van der Waals surface area contributed by atoms with Gasteiger partial charge in [-0.05, 0) is 37.8 Å². The Kier molecular flexibility index (Phi) is 3.33. The van der Waals surface area contributed by atoms with Crippen molar-refractivity contribution in [1.29, 1.82) is 0 Å². The van der Waals surface area contributed by atoms with Gasteiger partial charge in [-0.25, -0.2) is 0 Å². The molecule has 1 aliphatic carbocycles. The number of carbonyl (C=O) groups is 1. The molecule has 2 heterocycles. The Morgan fingerprint density at radius 2 is 2.15 bits per heavy atom. The molecule has 2 N–H and O–H groups in total. The molecule has 2 aromatic rings. The molecule has 0 spiro atoms. The van der Waals surface area contributed by atoms with Crippen LogP contribution in [0.4, 0.5) is 5.69 Å². The summed E-state index contributed by atoms with van der Waals surface area (Å²) in [4.78, 5) is 31.5. The van der Waals surface area contributed by atoms with Crippen LogP contribution in [-0.2, 0) is 12.8 Å². The molecule has 0 unspecified atom stereocenters. The maximum absolute atomic E-state index is 12.3. The van der Waals surface area contributed by atoms with Gasteiger partial charge in [0.25, 0.3) is 5.91 Å². The third-order valence-electron chi connectivity index (χ3n) is 3.54. The molecule has 0 bridgehead atoms. The first-order chi connectivity index (χ1) is 9.75. The molecule has 5 heteroatoms. The molecule has 102 valence electrons. The van der Waals surface area contributed by atoms with Crippen LogP contribution < -0.4 is 10.7 Å². The first-order valence-electron chi connectivity index (χ1n) is 6.70. The van der Waals surface area contributed by atoms with Crippen molar-refractivity contribution in [3.8, 4) is 0 Å². The summed E-state index contributed by atoms with van der Waals surface area (Å²) < 4.78 is 0. The normalized spacial score (nSPS) is 13.6. The molecule has 0 saturated heterocycles. The number of fused-ring (bicyclic) bond motifs is 1. The van der Waals surface area contributed by atoms with Gasteiger partial charge in [0.2, 0.25) is 0 Å². The van der Waals surface area contributed by atoms with Gasteiger partial charge in [0, 0.05) is 23.7 Å². The SMILES string of the molecule is O=C(Nc1cccnc1)c1c[nH]c2c(c1=O)CCCC2. The van der Waals surface area contributed by atoms with Crippen molar-refractivity contribution in [2.75, 3.05) is 5.32 Å². The third-order valence-corrected chi connectivity index (χ3v) is 3.54. The molecule has 0 radical (unpaired) electrons. The van der Waals surface area contributed by atoms with E-state index in [0.29, 0.717) is 5.69 Å². The topological polar surface area (TPSA) is 74.8 Å². The highest BCUT2D eigenvalue weighted by atomic mass is 16.2. The van der Waals surface area contributed by atoms with Gasteiger partial charge in [-0.3, -0.25) is 14.6 Å². The number of aromatic nitrogens is 2. The number of amides is 1. The number of rotatable bonds is 2. The van der Waals surface area contributed by atoms with Gasteiger partial charge in [0.15, 0.2) is 5.43 Å². The summed E-state index contributed by atoms with van der Waals surface area (Å²) in [6.45, 7) is 0. The number of anilines is 1. The Morgan fingerprint density at radius 1 is 1.30 bits per heavy atom. The van der Waals surface area contributed by atoms with E-state index in [1.54, 1.807) is 24.5 Å². The summed E-state index contributed by atoms with van der Waals surface area (Å²) in [7, 11) is 0. The van der Waals surface area contributed by atoms with Crippen LogP contribution >= 0.6 is 0 Å². The van der Waals surface area contributed by atoms with Gasteiger partial charge in [0.1, 0.15) is 5.56 Å². The van der Waals surface area contributed by atoms with Gasteiger partial charge >= 0.3 is 0 Å². The number of nitrogens with one attached hydrogen (secondary N) is 2. The zero-order valence-corrected chi connectivity index (χ0v) is 11.0. The Balaban J connectivity index is 1.91. The molecule has 20 heavy (non-hydrogen) atoms. The largest absolute Gasteiger partial charge is 0.364 e. The van der Waals surface area contributed by atoms with Crippen LogP contribution in [0, 0.1) is 0 Å². The van der Waals surface area contributed by atoms with Gasteiger partial charge < -0.3 is 10.3 Å². The van der Waals surface area contributed by atoms with E-state index in [1.165, 1.54) is 6.20 Å². The lowest BCUT2D eigenvalue weighted by atomic mass is 9.94. The third kappa shape index (κ3) is 2.34. The summed E-state index contributed by atoms with van der Waals surface area (Å²) in [6, 6.07) is 3.46. The van der Waals surface area contributed by atoms with Crippen LogP contribution in [0.3, 0.4) is 0 Å². The number of hydrogen-bond donors (Lipinski definition) is 2. The second-order valence-electron chi connectivity index (χ2n) is 4.89. The van der Waals surface area contributed by atoms with Crippen LogP contribution in [0.15, 0.2) is 35.5 Å². The minimum absolute atomic E-state index is 0.153. The molecule has 5 nitrogen and oxygen atoms in total. The molecular formula is C15H15N3O2. The molecule has 0 fully saturated rings. The van der Waals surface area contributed by atoms with Crippen LogP contribution in [0.25, 0.3) is 0 Å². The van der Waals surface area contributed by atoms with E-state index in [2.05, 4.69) is 15.3 Å². The highest BCUT2D eigenvalue weighted by Gasteiger charge is 2.19. The lowest BCUT2D eigenvalue weighted by molar-refractivity contribution is 0.102. The van der Waals surface area contributed by atoms with Crippen LogP contribution in [0.5, 0.6) is 0 Å². The molecule has 3 rings (SSSR count). The molecular weight excluding hydrogens is 254 g/mol. The summed E-state index contributed by atoms with van der Waals surface area (Å²) >= 11 is 0. The molecule has 1 aliphatic rings. The fourth-order valence-corrected chi connectivity index (χ4v) is 2.51. The van der Waals surface area contributed by atoms with Crippen molar-refractivity contribution in [3.63, 3.8) is 0 Å². The van der Waals surface area contributed by atoms with E-state index in [-0.39, 0.29) is 11.0 Å². The van der Waals surface area contributed by atoms with Gasteiger partial charge in [-0.1, -0.05) is 0 Å². The molecule has 1 amide bonds. The first kappa shape index (κ1) is 12.6. The molecule has 0 aliphatic heterocycles. The average molecular weight is 269 g/mol. The van der Waals surface area contributed by atoms with E-state index < -0.39 is 5.91 Å². The van der Waals surface area contributed by atoms with Gasteiger partial charge in [0.05, 0.1) is 11.9 Å². The zero-order valence-electron chi connectivity index (χ0n) is 11.0. The van der Waals surface area contributed by atoms with Gasteiger partial charge in [-0.15, -0.1) is 0 Å². The maximum atomic E-state index is 12.3. The van der Waals surface area contributed by atoms with E-state index in [9.17, 15) is 9.59 Å². The van der Waals surface area contributed by atoms with Crippen molar-refractivity contribution < 1.29 is 4.79 Å². The molecule has 0 aromatic carbocycles. The minimum atomic E-state index is -0.396. The lowest BCUT2D eigenvalue weighted by Crippen LogP contribution is -2.27. The maximum Gasteiger partial charge on any atom is 0.261 e. The summed E-state index contributed by atoms with van der Waals surface area (Å²) in [5.41, 5.74) is 2.32. The van der Waals surface area contributed by atoms with Crippen molar-refractivity contribution in [2.45, 2.75) is 25.7 Å². The number of aryl methyl sites for hydroxylation is 1. The Bertz CT molecular complexity index is 692. The lowest BCUT2D eigenvalue weighted by Gasteiger charge is -2.15. The summed E-state index contributed by atoms with van der Waals surface area (Å²) in [5.74, 6) is -0.396. The highest BCUT2D eigenvalue weighted by molar-refractivity contribution is 6.04. The quantitative estimate of drug-likeness (QED) is 0.874. The van der Waals surface area contributed by atoms with Crippen LogP contribution in [-0.4, -0.2) is 15.9 Å². The van der Waals surface area contributed by atoms with Crippen LogP contribution in [0.2, 0.25) is 0 Å². The monoisotopic (exact) mass is 269 g/mol. The zero-order chi connectivity index (χ0) is 13.9. The first-order valence-corrected chi connectivity index (χ1v) is 6.70. The Hall–Kier alpha value is -2.43. The Morgan fingerprint density at radius 3 is 2.95 bits per heavy atom. The minimum Gasteiger partial charge on any atom is -0.364 e. The van der Waals surface area contributed by atoms with Crippen molar-refractivity contribution in [3.05, 3.63) is 57.8 Å². The highest BCUT2D eigenvalue weighted by Crippen LogP contribution is 2.16. The smallest absolute Gasteiger partial charge is 0.261 e. The molecule has 2 aromatic heterocycles. The standard InChI is InChI=1S/C15H15N3O2/c19-14-11-5-1-2-6-13(11)17-9-12(14)15(20)18-10-4-3-7-16-8-10/h3-4,7-9H,1-2,5-6H2,(H,17,19)(H,18,20). The Labute approximate surface area is 116 Å². The number of aromatic amines is 1. The predicted molar refractivity (Wildman–Crippen MR) is 75.9 cm³/mol. The van der Waals surface area contributed by atoms with Crippen molar-refractivity contribution in [2.24, 2.45) is 0 Å². The average Bonchev–Trinajstić information content (AvgIpc) is 2.49. The second-order valence-corrected chi connectivity index (χ2v) is 4.89. The van der Waals surface area contributed by atoms with E-state index in [1.807, 2.05) is 0 Å². The molecule has 0 atom stereocenters. The van der Waals surface area contributed by atoms with Gasteiger partial charge in [-0.2, -0.15) is 0 Å². The number of carbonyl (C=O) groups excluding carboxylic acids is 1. The number of hydrogen-bond acceptors (Lipinski definition) is 3. The van der Waals surface area contributed by atoms with E-state index >= 15 is 0 Å². The number of H-pyrrole nitrogens is 1. The fraction of sp³-hybridized carbons (Fsp3) is 0.267. The van der Waals surface area contributed by atoms with Crippen LogP contribution in [0.1, 0.15) is 34.5 Å². The van der Waals surface area contributed by atoms with E-state index in [4.69, 9.17) is 0 Å². The molecule has 0 saturated carbocycles. The second kappa shape index (κ2) is 5.28. The van der Waals surface area contributed by atoms with Crippen molar-refractivity contribution in [1.82, 2.24) is 9.97 Å². The van der Waals surface area contributed by atoms with Crippen molar-refractivity contribution >= 4 is 11.6 Å². The number of nitrogens with zero attached hydrogens (tertiary/aromatic N) is 1. The predicted octanol–water partition coefficient (Wildman–Crippen LogP) is 1.90. The summed E-state index contributed by atoms with van der Waals surface area (Å²) in [5, 5.41) is 2.68. The number of pyridine rings is 2. The fourth-order valence-electron chi connectivity index (χ4n) is 2.51.